The fourth-order valence-corrected chi connectivity index (χ4v) is 6.19. The van der Waals surface area contributed by atoms with E-state index in [0.29, 0.717) is 23.8 Å². The van der Waals surface area contributed by atoms with Crippen LogP contribution in [0.4, 0.5) is 0 Å². The third kappa shape index (κ3) is 2.91. The van der Waals surface area contributed by atoms with Crippen LogP contribution in [0.2, 0.25) is 0 Å². The average Bonchev–Trinajstić information content (AvgIpc) is 2.76. The monoisotopic (exact) mass is 306 g/mol. The summed E-state index contributed by atoms with van der Waals surface area (Å²) in [5, 5.41) is 1.82. The highest BCUT2D eigenvalue weighted by Gasteiger charge is 2.35. The standard InChI is InChI=1S/C11H18N2O2S3/c1-11(2)8-13(3-4-17-11)18(14,15)10-5-9(6-12)7-16-10/h5,7H,3-4,6,8,12H2,1-2H3. The van der Waals surface area contributed by atoms with Crippen LogP contribution in [0.25, 0.3) is 0 Å². The van der Waals surface area contributed by atoms with Gasteiger partial charge in [-0.2, -0.15) is 16.1 Å². The van der Waals surface area contributed by atoms with E-state index < -0.39 is 10.0 Å². The Kier molecular flexibility index (Phi) is 4.08. The van der Waals surface area contributed by atoms with Crippen LogP contribution in [-0.4, -0.2) is 36.3 Å². The summed E-state index contributed by atoms with van der Waals surface area (Å²) in [5.74, 6) is 0.849. The second-order valence-electron chi connectivity index (χ2n) is 4.92. The van der Waals surface area contributed by atoms with Gasteiger partial charge in [0.05, 0.1) is 0 Å². The summed E-state index contributed by atoms with van der Waals surface area (Å²) in [5.41, 5.74) is 6.40. The molecular formula is C11H18N2O2S3. The minimum absolute atomic E-state index is 0.0146. The van der Waals surface area contributed by atoms with Gasteiger partial charge in [0.1, 0.15) is 4.21 Å². The van der Waals surface area contributed by atoms with E-state index in [-0.39, 0.29) is 4.75 Å². The van der Waals surface area contributed by atoms with Crippen molar-refractivity contribution in [2.45, 2.75) is 29.3 Å². The van der Waals surface area contributed by atoms with Crippen molar-refractivity contribution >= 4 is 33.1 Å². The number of nitrogens with two attached hydrogens (primary N) is 1. The van der Waals surface area contributed by atoms with Crippen molar-refractivity contribution in [3.63, 3.8) is 0 Å². The zero-order valence-corrected chi connectivity index (χ0v) is 13.0. The third-order valence-corrected chi connectivity index (χ3v) is 7.46. The van der Waals surface area contributed by atoms with Gasteiger partial charge >= 0.3 is 0 Å². The van der Waals surface area contributed by atoms with Crippen molar-refractivity contribution in [3.05, 3.63) is 17.0 Å². The molecular weight excluding hydrogens is 288 g/mol. The second-order valence-corrected chi connectivity index (χ2v) is 9.80. The van der Waals surface area contributed by atoms with E-state index in [1.54, 1.807) is 10.4 Å². The molecule has 0 aliphatic carbocycles. The Morgan fingerprint density at radius 2 is 2.22 bits per heavy atom. The minimum Gasteiger partial charge on any atom is -0.326 e. The predicted molar refractivity (Wildman–Crippen MR) is 77.5 cm³/mol. The highest BCUT2D eigenvalue weighted by molar-refractivity contribution is 8.00. The molecule has 1 aromatic heterocycles. The molecule has 0 radical (unpaired) electrons. The SMILES string of the molecule is CC1(C)CN(S(=O)(=O)c2cc(CN)cs2)CCS1. The molecule has 2 heterocycles. The first-order valence-electron chi connectivity index (χ1n) is 5.77. The Morgan fingerprint density at radius 1 is 1.50 bits per heavy atom. The van der Waals surface area contributed by atoms with Gasteiger partial charge in [0, 0.05) is 30.1 Å². The molecule has 0 unspecified atom stereocenters. The molecule has 2 N–H and O–H groups in total. The van der Waals surface area contributed by atoms with Gasteiger partial charge < -0.3 is 5.73 Å². The maximum absolute atomic E-state index is 12.5. The van der Waals surface area contributed by atoms with Gasteiger partial charge in [0.15, 0.2) is 0 Å². The Labute approximate surface area is 117 Å². The number of hydrogen-bond acceptors (Lipinski definition) is 5. The molecule has 2 rings (SSSR count). The number of nitrogens with zero attached hydrogens (tertiary/aromatic N) is 1. The molecule has 1 aromatic rings. The van der Waals surface area contributed by atoms with Crippen molar-refractivity contribution in [1.82, 2.24) is 4.31 Å². The number of thioether (sulfide) groups is 1. The zero-order valence-electron chi connectivity index (χ0n) is 10.5. The van der Waals surface area contributed by atoms with E-state index in [2.05, 4.69) is 13.8 Å². The Hall–Kier alpha value is -0.0800. The Morgan fingerprint density at radius 3 is 2.78 bits per heavy atom. The van der Waals surface area contributed by atoms with Gasteiger partial charge in [-0.15, -0.1) is 11.3 Å². The van der Waals surface area contributed by atoms with Gasteiger partial charge in [0.25, 0.3) is 10.0 Å². The third-order valence-electron chi connectivity index (χ3n) is 2.85. The molecule has 4 nitrogen and oxygen atoms in total. The summed E-state index contributed by atoms with van der Waals surface area (Å²) in [6, 6.07) is 1.69. The number of thiophene rings is 1. The van der Waals surface area contributed by atoms with E-state index >= 15 is 0 Å². The van der Waals surface area contributed by atoms with Crippen LogP contribution in [0.1, 0.15) is 19.4 Å². The summed E-state index contributed by atoms with van der Waals surface area (Å²) in [6.07, 6.45) is 0. The van der Waals surface area contributed by atoms with Crippen molar-refractivity contribution in [2.24, 2.45) is 5.73 Å². The molecule has 1 aliphatic heterocycles. The summed E-state index contributed by atoms with van der Waals surface area (Å²) < 4.78 is 27.0. The minimum atomic E-state index is -3.34. The molecule has 18 heavy (non-hydrogen) atoms. The number of hydrogen-bond donors (Lipinski definition) is 1. The first kappa shape index (κ1) is 14.3. The summed E-state index contributed by atoms with van der Waals surface area (Å²) in [7, 11) is -3.34. The van der Waals surface area contributed by atoms with Crippen molar-refractivity contribution in [3.8, 4) is 0 Å². The lowest BCUT2D eigenvalue weighted by Crippen LogP contribution is -2.45. The molecule has 1 saturated heterocycles. The van der Waals surface area contributed by atoms with E-state index in [4.69, 9.17) is 5.73 Å². The highest BCUT2D eigenvalue weighted by Crippen LogP contribution is 2.33. The zero-order chi connectivity index (χ0) is 13.4. The lowest BCUT2D eigenvalue weighted by Gasteiger charge is -2.36. The molecule has 1 fully saturated rings. The van der Waals surface area contributed by atoms with Crippen molar-refractivity contribution in [2.75, 3.05) is 18.8 Å². The van der Waals surface area contributed by atoms with Crippen LogP contribution >= 0.6 is 23.1 Å². The van der Waals surface area contributed by atoms with Crippen LogP contribution in [0.15, 0.2) is 15.7 Å². The van der Waals surface area contributed by atoms with Crippen LogP contribution in [0.5, 0.6) is 0 Å². The average molecular weight is 306 g/mol. The van der Waals surface area contributed by atoms with E-state index in [1.807, 2.05) is 17.1 Å². The lowest BCUT2D eigenvalue weighted by atomic mass is 10.2. The smallest absolute Gasteiger partial charge is 0.252 e. The van der Waals surface area contributed by atoms with Crippen molar-refractivity contribution < 1.29 is 8.42 Å². The van der Waals surface area contributed by atoms with Crippen LogP contribution < -0.4 is 5.73 Å². The molecule has 0 spiro atoms. The molecule has 0 saturated carbocycles. The molecule has 0 bridgehead atoms. The normalized spacial score (nSPS) is 21.1. The van der Waals surface area contributed by atoms with Gasteiger partial charge in [-0.25, -0.2) is 8.42 Å². The van der Waals surface area contributed by atoms with Gasteiger partial charge in [-0.3, -0.25) is 0 Å². The maximum Gasteiger partial charge on any atom is 0.252 e. The van der Waals surface area contributed by atoms with Gasteiger partial charge in [-0.1, -0.05) is 0 Å². The summed E-state index contributed by atoms with van der Waals surface area (Å²) >= 11 is 3.08. The molecule has 0 amide bonds. The Balaban J connectivity index is 2.25. The molecule has 7 heteroatoms. The number of sulfonamides is 1. The molecule has 0 atom stereocenters. The molecule has 102 valence electrons. The maximum atomic E-state index is 12.5. The quantitative estimate of drug-likeness (QED) is 0.923. The molecule has 1 aliphatic rings. The Bertz CT molecular complexity index is 522. The lowest BCUT2D eigenvalue weighted by molar-refractivity contribution is 0.388. The topological polar surface area (TPSA) is 63.4 Å². The van der Waals surface area contributed by atoms with Crippen molar-refractivity contribution in [1.29, 1.82) is 0 Å². The summed E-state index contributed by atoms with van der Waals surface area (Å²) in [6.45, 7) is 5.70. The van der Waals surface area contributed by atoms with Gasteiger partial charge in [0.2, 0.25) is 0 Å². The van der Waals surface area contributed by atoms with Crippen LogP contribution in [0, 0.1) is 0 Å². The molecule has 0 aromatic carbocycles. The number of rotatable bonds is 3. The van der Waals surface area contributed by atoms with Gasteiger partial charge in [-0.05, 0) is 30.9 Å². The highest BCUT2D eigenvalue weighted by atomic mass is 32.2. The van der Waals surface area contributed by atoms with E-state index in [9.17, 15) is 8.42 Å². The van der Waals surface area contributed by atoms with Crippen LogP contribution in [0.3, 0.4) is 0 Å². The fourth-order valence-electron chi connectivity index (χ4n) is 1.90. The van der Waals surface area contributed by atoms with Crippen LogP contribution in [-0.2, 0) is 16.6 Å². The first-order valence-corrected chi connectivity index (χ1v) is 9.07. The second kappa shape index (κ2) is 5.13. The summed E-state index contributed by atoms with van der Waals surface area (Å²) in [4.78, 5) is 0. The largest absolute Gasteiger partial charge is 0.326 e. The fraction of sp³-hybridized carbons (Fsp3) is 0.636. The first-order chi connectivity index (χ1) is 8.35. The van der Waals surface area contributed by atoms with E-state index in [1.165, 1.54) is 11.3 Å². The van der Waals surface area contributed by atoms with E-state index in [0.717, 1.165) is 11.3 Å². The predicted octanol–water partition coefficient (Wildman–Crippen LogP) is 1.72.